The largest absolute Gasteiger partial charge is 0.285 e. The molecule has 0 bridgehead atoms. The molecule has 2 heteroatoms. The molecule has 0 radical (unpaired) electrons. The summed E-state index contributed by atoms with van der Waals surface area (Å²) < 4.78 is 0. The topological polar surface area (TPSA) is 27.0 Å². The molecule has 2 fully saturated rings. The molecule has 2 saturated carbocycles. The summed E-state index contributed by atoms with van der Waals surface area (Å²) in [6.07, 6.45) is 5.42. The standard InChI is InChI=1S/C10H16N2/c1-8(6-11)12(10-4-5-10)7-9-2-3-9/h8-10H,2-5,7H2,1H3. The predicted molar refractivity (Wildman–Crippen MR) is 47.5 cm³/mol. The first-order chi connectivity index (χ1) is 5.81. The van der Waals surface area contributed by atoms with Crippen molar-refractivity contribution in [3.05, 3.63) is 0 Å². The highest BCUT2D eigenvalue weighted by Gasteiger charge is 2.35. The molecule has 0 N–H and O–H groups in total. The van der Waals surface area contributed by atoms with E-state index < -0.39 is 0 Å². The van der Waals surface area contributed by atoms with Crippen molar-refractivity contribution in [1.29, 1.82) is 5.26 Å². The summed E-state index contributed by atoms with van der Waals surface area (Å²) in [5.74, 6) is 0.918. The van der Waals surface area contributed by atoms with Crippen molar-refractivity contribution in [3.63, 3.8) is 0 Å². The molecule has 2 aliphatic carbocycles. The average molecular weight is 164 g/mol. The van der Waals surface area contributed by atoms with Gasteiger partial charge < -0.3 is 0 Å². The number of nitriles is 1. The molecular formula is C10H16N2. The fourth-order valence-electron chi connectivity index (χ4n) is 1.70. The van der Waals surface area contributed by atoms with Gasteiger partial charge in [0.05, 0.1) is 12.1 Å². The summed E-state index contributed by atoms with van der Waals surface area (Å²) >= 11 is 0. The lowest BCUT2D eigenvalue weighted by atomic mass is 10.2. The fourth-order valence-corrected chi connectivity index (χ4v) is 1.70. The third kappa shape index (κ3) is 1.78. The highest BCUT2D eigenvalue weighted by atomic mass is 15.2. The lowest BCUT2D eigenvalue weighted by Gasteiger charge is -2.23. The summed E-state index contributed by atoms with van der Waals surface area (Å²) in [5.41, 5.74) is 0. The van der Waals surface area contributed by atoms with Gasteiger partial charge in [-0.15, -0.1) is 0 Å². The molecule has 0 aliphatic heterocycles. The summed E-state index contributed by atoms with van der Waals surface area (Å²) in [6, 6.07) is 3.23. The maximum absolute atomic E-state index is 8.82. The van der Waals surface area contributed by atoms with E-state index in [1.807, 2.05) is 6.92 Å². The van der Waals surface area contributed by atoms with Crippen LogP contribution in [0, 0.1) is 17.2 Å². The van der Waals surface area contributed by atoms with Crippen LogP contribution in [-0.4, -0.2) is 23.5 Å². The molecular weight excluding hydrogens is 148 g/mol. The first-order valence-electron chi connectivity index (χ1n) is 4.96. The Hall–Kier alpha value is -0.550. The van der Waals surface area contributed by atoms with E-state index in [1.165, 1.54) is 32.2 Å². The van der Waals surface area contributed by atoms with Crippen molar-refractivity contribution in [3.8, 4) is 6.07 Å². The molecule has 1 unspecified atom stereocenters. The van der Waals surface area contributed by atoms with Crippen LogP contribution in [0.2, 0.25) is 0 Å². The second-order valence-electron chi connectivity index (χ2n) is 4.18. The van der Waals surface area contributed by atoms with E-state index in [-0.39, 0.29) is 6.04 Å². The first kappa shape index (κ1) is 8.07. The number of hydrogen-bond donors (Lipinski definition) is 0. The lowest BCUT2D eigenvalue weighted by molar-refractivity contribution is 0.225. The smallest absolute Gasteiger partial charge is 0.0951 e. The summed E-state index contributed by atoms with van der Waals surface area (Å²) in [6.45, 7) is 3.21. The Morgan fingerprint density at radius 1 is 1.42 bits per heavy atom. The van der Waals surface area contributed by atoms with Crippen molar-refractivity contribution in [2.75, 3.05) is 6.54 Å². The Balaban J connectivity index is 1.87. The average Bonchev–Trinajstić information content (AvgIpc) is 2.88. The Kier molecular flexibility index (Phi) is 2.06. The van der Waals surface area contributed by atoms with Gasteiger partial charge in [0, 0.05) is 12.6 Å². The van der Waals surface area contributed by atoms with Crippen LogP contribution in [0.5, 0.6) is 0 Å². The number of hydrogen-bond acceptors (Lipinski definition) is 2. The fraction of sp³-hybridized carbons (Fsp3) is 0.900. The summed E-state index contributed by atoms with van der Waals surface area (Å²) in [7, 11) is 0. The van der Waals surface area contributed by atoms with Crippen molar-refractivity contribution < 1.29 is 0 Å². The van der Waals surface area contributed by atoms with Gasteiger partial charge in [0.2, 0.25) is 0 Å². The first-order valence-corrected chi connectivity index (χ1v) is 4.96. The maximum atomic E-state index is 8.82. The monoisotopic (exact) mass is 164 g/mol. The van der Waals surface area contributed by atoms with Gasteiger partial charge in [-0.05, 0) is 38.5 Å². The minimum atomic E-state index is 0.137. The van der Waals surface area contributed by atoms with Gasteiger partial charge >= 0.3 is 0 Å². The zero-order valence-corrected chi connectivity index (χ0v) is 7.66. The highest BCUT2D eigenvalue weighted by Crippen LogP contribution is 2.35. The number of nitrogens with zero attached hydrogens (tertiary/aromatic N) is 2. The van der Waals surface area contributed by atoms with Crippen LogP contribution in [0.1, 0.15) is 32.6 Å². The van der Waals surface area contributed by atoms with E-state index >= 15 is 0 Å². The Morgan fingerprint density at radius 2 is 2.08 bits per heavy atom. The van der Waals surface area contributed by atoms with E-state index in [4.69, 9.17) is 5.26 Å². The molecule has 0 aromatic rings. The maximum Gasteiger partial charge on any atom is 0.0951 e. The van der Waals surface area contributed by atoms with E-state index in [0.29, 0.717) is 0 Å². The molecule has 1 atom stereocenters. The van der Waals surface area contributed by atoms with Crippen LogP contribution < -0.4 is 0 Å². The molecule has 0 amide bonds. The van der Waals surface area contributed by atoms with Crippen LogP contribution >= 0.6 is 0 Å². The zero-order valence-electron chi connectivity index (χ0n) is 7.66. The van der Waals surface area contributed by atoms with E-state index in [1.54, 1.807) is 0 Å². The van der Waals surface area contributed by atoms with Crippen LogP contribution in [-0.2, 0) is 0 Å². The quantitative estimate of drug-likeness (QED) is 0.633. The van der Waals surface area contributed by atoms with Gasteiger partial charge in [0.15, 0.2) is 0 Å². The van der Waals surface area contributed by atoms with Gasteiger partial charge in [-0.25, -0.2) is 0 Å². The molecule has 0 heterocycles. The van der Waals surface area contributed by atoms with Crippen molar-refractivity contribution in [2.24, 2.45) is 5.92 Å². The molecule has 0 aromatic heterocycles. The van der Waals surface area contributed by atoms with E-state index in [9.17, 15) is 0 Å². The minimum absolute atomic E-state index is 0.137. The third-order valence-corrected chi connectivity index (χ3v) is 2.87. The molecule has 2 rings (SSSR count). The Bertz CT molecular complexity index is 198. The van der Waals surface area contributed by atoms with E-state index in [2.05, 4.69) is 11.0 Å². The molecule has 0 saturated heterocycles. The summed E-state index contributed by atoms with van der Waals surface area (Å²) in [4.78, 5) is 2.40. The van der Waals surface area contributed by atoms with Gasteiger partial charge in [-0.2, -0.15) is 5.26 Å². The zero-order chi connectivity index (χ0) is 8.55. The normalized spacial score (nSPS) is 25.4. The van der Waals surface area contributed by atoms with Gasteiger partial charge in [0.25, 0.3) is 0 Å². The van der Waals surface area contributed by atoms with Crippen molar-refractivity contribution >= 4 is 0 Å². The lowest BCUT2D eigenvalue weighted by Crippen LogP contribution is -2.35. The SMILES string of the molecule is CC(C#N)N(CC1CC1)C1CC1. The van der Waals surface area contributed by atoms with E-state index in [0.717, 1.165) is 12.0 Å². The second-order valence-corrected chi connectivity index (χ2v) is 4.18. The van der Waals surface area contributed by atoms with Gasteiger partial charge in [0.1, 0.15) is 0 Å². The molecule has 2 nitrogen and oxygen atoms in total. The van der Waals surface area contributed by atoms with Crippen molar-refractivity contribution in [1.82, 2.24) is 4.90 Å². The Morgan fingerprint density at radius 3 is 2.50 bits per heavy atom. The van der Waals surface area contributed by atoms with Crippen LogP contribution in [0.25, 0.3) is 0 Å². The van der Waals surface area contributed by atoms with Crippen LogP contribution in [0.4, 0.5) is 0 Å². The Labute approximate surface area is 74.2 Å². The third-order valence-electron chi connectivity index (χ3n) is 2.87. The molecule has 12 heavy (non-hydrogen) atoms. The second kappa shape index (κ2) is 3.06. The highest BCUT2D eigenvalue weighted by molar-refractivity contribution is 4.97. The van der Waals surface area contributed by atoms with Gasteiger partial charge in [-0.1, -0.05) is 0 Å². The molecule has 66 valence electrons. The molecule has 0 spiro atoms. The number of rotatable bonds is 4. The van der Waals surface area contributed by atoms with Crippen LogP contribution in [0.15, 0.2) is 0 Å². The summed E-state index contributed by atoms with van der Waals surface area (Å²) in [5, 5.41) is 8.82. The minimum Gasteiger partial charge on any atom is -0.285 e. The van der Waals surface area contributed by atoms with Crippen molar-refractivity contribution in [2.45, 2.75) is 44.7 Å². The van der Waals surface area contributed by atoms with Crippen LogP contribution in [0.3, 0.4) is 0 Å². The predicted octanol–water partition coefficient (Wildman–Crippen LogP) is 1.77. The van der Waals surface area contributed by atoms with Gasteiger partial charge in [-0.3, -0.25) is 4.90 Å². The molecule has 2 aliphatic rings. The molecule has 0 aromatic carbocycles.